The molecule has 16 heavy (non-hydrogen) atoms. The van der Waals surface area contributed by atoms with Gasteiger partial charge in [0, 0.05) is 4.90 Å². The molecular formula is C13H18O2S. The van der Waals surface area contributed by atoms with Crippen molar-refractivity contribution in [3.63, 3.8) is 0 Å². The van der Waals surface area contributed by atoms with Gasteiger partial charge >= 0.3 is 0 Å². The zero-order valence-electron chi connectivity index (χ0n) is 9.72. The Labute approximate surface area is 99.5 Å². The van der Waals surface area contributed by atoms with E-state index in [1.807, 2.05) is 44.2 Å². The van der Waals surface area contributed by atoms with Crippen molar-refractivity contribution < 1.29 is 9.32 Å². The van der Waals surface area contributed by atoms with Gasteiger partial charge in [-0.2, -0.15) is 0 Å². The summed E-state index contributed by atoms with van der Waals surface area (Å²) in [4.78, 5) is 0.773. The molecule has 0 aliphatic heterocycles. The first-order chi connectivity index (χ1) is 7.63. The minimum atomic E-state index is -1.13. The number of hydrogen-bond donors (Lipinski definition) is 1. The van der Waals surface area contributed by atoms with Gasteiger partial charge in [-0.25, -0.2) is 0 Å². The van der Waals surface area contributed by atoms with Crippen molar-refractivity contribution >= 4 is 10.8 Å². The lowest BCUT2D eigenvalue weighted by molar-refractivity contribution is 0.247. The molecule has 3 heteroatoms. The number of hydrogen-bond acceptors (Lipinski definition) is 2. The predicted molar refractivity (Wildman–Crippen MR) is 67.9 cm³/mol. The number of allylic oxidation sites excluding steroid dienone is 1. The van der Waals surface area contributed by atoms with E-state index in [1.165, 1.54) is 0 Å². The molecule has 0 aliphatic rings. The average molecular weight is 238 g/mol. The molecule has 0 amide bonds. The monoisotopic (exact) mass is 238 g/mol. The Bertz CT molecular complexity index is 368. The molecule has 2 nitrogen and oxygen atoms in total. The standard InChI is InChI=1S/C13H18O2S/c1-3-4-5-12(14)10-16(15)13-8-6-11(2)7-9-13/h4-9,12,14H,3,10H2,1-2H3/b5-4+. The molecule has 0 spiro atoms. The summed E-state index contributed by atoms with van der Waals surface area (Å²) in [5, 5.41) is 9.59. The molecule has 1 N–H and O–H groups in total. The molecule has 2 unspecified atom stereocenters. The third-order valence-corrected chi connectivity index (χ3v) is 3.64. The second-order valence-corrected chi connectivity index (χ2v) is 5.22. The zero-order chi connectivity index (χ0) is 12.0. The third-order valence-electron chi connectivity index (χ3n) is 2.20. The summed E-state index contributed by atoms with van der Waals surface area (Å²) in [6, 6.07) is 7.56. The molecule has 0 radical (unpaired) electrons. The molecule has 0 saturated heterocycles. The predicted octanol–water partition coefficient (Wildman–Crippen LogP) is 2.43. The van der Waals surface area contributed by atoms with E-state index >= 15 is 0 Å². The van der Waals surface area contributed by atoms with Crippen molar-refractivity contribution in [3.8, 4) is 0 Å². The molecule has 0 heterocycles. The van der Waals surface area contributed by atoms with Crippen molar-refractivity contribution in [1.29, 1.82) is 0 Å². The Morgan fingerprint density at radius 2 is 2.00 bits per heavy atom. The molecular weight excluding hydrogens is 220 g/mol. The van der Waals surface area contributed by atoms with Gasteiger partial charge in [0.15, 0.2) is 0 Å². The van der Waals surface area contributed by atoms with E-state index in [1.54, 1.807) is 6.08 Å². The van der Waals surface area contributed by atoms with Crippen LogP contribution in [0.5, 0.6) is 0 Å². The molecule has 0 aromatic heterocycles. The smallest absolute Gasteiger partial charge is 0.0839 e. The fourth-order valence-corrected chi connectivity index (χ4v) is 2.34. The minimum absolute atomic E-state index is 0.263. The van der Waals surface area contributed by atoms with Gasteiger partial charge in [-0.05, 0) is 25.5 Å². The number of aryl methyl sites for hydroxylation is 1. The van der Waals surface area contributed by atoms with Crippen LogP contribution in [-0.2, 0) is 10.8 Å². The van der Waals surface area contributed by atoms with E-state index in [9.17, 15) is 9.32 Å². The lowest BCUT2D eigenvalue weighted by Crippen LogP contribution is -2.13. The van der Waals surface area contributed by atoms with Crippen molar-refractivity contribution in [3.05, 3.63) is 42.0 Å². The van der Waals surface area contributed by atoms with E-state index in [0.717, 1.165) is 16.9 Å². The SMILES string of the molecule is CC/C=C/C(O)CS(=O)c1ccc(C)cc1. The van der Waals surface area contributed by atoms with Crippen LogP contribution < -0.4 is 0 Å². The molecule has 2 atom stereocenters. The van der Waals surface area contributed by atoms with Crippen molar-refractivity contribution in [2.45, 2.75) is 31.3 Å². The van der Waals surface area contributed by atoms with E-state index in [-0.39, 0.29) is 5.75 Å². The van der Waals surface area contributed by atoms with Crippen molar-refractivity contribution in [1.82, 2.24) is 0 Å². The first kappa shape index (κ1) is 13.1. The normalized spacial score (nSPS) is 15.2. The highest BCUT2D eigenvalue weighted by Crippen LogP contribution is 2.09. The molecule has 1 aromatic carbocycles. The summed E-state index contributed by atoms with van der Waals surface area (Å²) >= 11 is 0. The van der Waals surface area contributed by atoms with Crippen LogP contribution in [0.25, 0.3) is 0 Å². The van der Waals surface area contributed by atoms with E-state index in [4.69, 9.17) is 0 Å². The first-order valence-corrected chi connectivity index (χ1v) is 6.75. The summed E-state index contributed by atoms with van der Waals surface area (Å²) in [6.07, 6.45) is 3.85. The maximum atomic E-state index is 11.8. The van der Waals surface area contributed by atoms with Crippen LogP contribution >= 0.6 is 0 Å². The van der Waals surface area contributed by atoms with Crippen LogP contribution in [0.1, 0.15) is 18.9 Å². The molecule has 0 bridgehead atoms. The second kappa shape index (κ2) is 6.61. The van der Waals surface area contributed by atoms with E-state index in [2.05, 4.69) is 0 Å². The first-order valence-electron chi connectivity index (χ1n) is 5.43. The number of rotatable bonds is 5. The van der Waals surface area contributed by atoms with Gasteiger partial charge < -0.3 is 5.11 Å². The summed E-state index contributed by atoms with van der Waals surface area (Å²) in [6.45, 7) is 3.99. The quantitative estimate of drug-likeness (QED) is 0.800. The molecule has 0 saturated carbocycles. The molecule has 1 rings (SSSR count). The van der Waals surface area contributed by atoms with Crippen LogP contribution in [0.15, 0.2) is 41.3 Å². The lowest BCUT2D eigenvalue weighted by Gasteiger charge is -2.06. The molecule has 1 aromatic rings. The van der Waals surface area contributed by atoms with Crippen molar-refractivity contribution in [2.75, 3.05) is 5.75 Å². The molecule has 0 aliphatic carbocycles. The Morgan fingerprint density at radius 1 is 1.38 bits per heavy atom. The van der Waals surface area contributed by atoms with Gasteiger partial charge in [-0.3, -0.25) is 4.21 Å². The van der Waals surface area contributed by atoms with Crippen LogP contribution in [0.4, 0.5) is 0 Å². The van der Waals surface area contributed by atoms with Gasteiger partial charge in [0.1, 0.15) is 0 Å². The Hall–Kier alpha value is -0.930. The largest absolute Gasteiger partial charge is 0.388 e. The second-order valence-electron chi connectivity index (χ2n) is 3.73. The topological polar surface area (TPSA) is 37.3 Å². The lowest BCUT2D eigenvalue weighted by atomic mass is 10.2. The van der Waals surface area contributed by atoms with Gasteiger partial charge in [0.25, 0.3) is 0 Å². The molecule has 0 fully saturated rings. The number of aliphatic hydroxyl groups is 1. The average Bonchev–Trinajstić information content (AvgIpc) is 2.27. The van der Waals surface area contributed by atoms with Crippen LogP contribution in [0.2, 0.25) is 0 Å². The summed E-state index contributed by atoms with van der Waals surface area (Å²) in [5.41, 5.74) is 1.15. The van der Waals surface area contributed by atoms with Crippen LogP contribution in [-0.4, -0.2) is 21.2 Å². The summed E-state index contributed by atoms with van der Waals surface area (Å²) in [5.74, 6) is 0.263. The van der Waals surface area contributed by atoms with Gasteiger partial charge in [0.2, 0.25) is 0 Å². The molecule has 88 valence electrons. The van der Waals surface area contributed by atoms with Gasteiger partial charge in [-0.1, -0.05) is 36.8 Å². The van der Waals surface area contributed by atoms with Gasteiger partial charge in [0.05, 0.1) is 22.7 Å². The Morgan fingerprint density at radius 3 is 2.56 bits per heavy atom. The van der Waals surface area contributed by atoms with Crippen LogP contribution in [0, 0.1) is 6.92 Å². The number of benzene rings is 1. The fourth-order valence-electron chi connectivity index (χ4n) is 1.29. The maximum Gasteiger partial charge on any atom is 0.0839 e. The van der Waals surface area contributed by atoms with Crippen molar-refractivity contribution in [2.24, 2.45) is 0 Å². The Balaban J connectivity index is 2.58. The zero-order valence-corrected chi connectivity index (χ0v) is 10.5. The third kappa shape index (κ3) is 4.29. The minimum Gasteiger partial charge on any atom is -0.388 e. The summed E-state index contributed by atoms with van der Waals surface area (Å²) < 4.78 is 11.8. The maximum absolute atomic E-state index is 11.8. The van der Waals surface area contributed by atoms with E-state index in [0.29, 0.717) is 0 Å². The van der Waals surface area contributed by atoms with Crippen LogP contribution in [0.3, 0.4) is 0 Å². The van der Waals surface area contributed by atoms with E-state index < -0.39 is 16.9 Å². The summed E-state index contributed by atoms with van der Waals surface area (Å²) in [7, 11) is -1.13. The number of aliphatic hydroxyl groups excluding tert-OH is 1. The Kier molecular flexibility index (Phi) is 5.43. The highest BCUT2D eigenvalue weighted by Gasteiger charge is 2.08. The fraction of sp³-hybridized carbons (Fsp3) is 0.385. The highest BCUT2D eigenvalue weighted by atomic mass is 32.2. The van der Waals surface area contributed by atoms with Gasteiger partial charge in [-0.15, -0.1) is 0 Å². The highest BCUT2D eigenvalue weighted by molar-refractivity contribution is 7.85.